The van der Waals surface area contributed by atoms with Crippen molar-refractivity contribution < 1.29 is 63.3 Å². The van der Waals surface area contributed by atoms with Gasteiger partial charge in [-0.05, 0) is 88.0 Å². The summed E-state index contributed by atoms with van der Waals surface area (Å²) in [5, 5.41) is 49.8. The van der Waals surface area contributed by atoms with Gasteiger partial charge in [0.1, 0.15) is 48.3 Å². The van der Waals surface area contributed by atoms with Crippen LogP contribution in [0, 0.1) is 23.7 Å². The summed E-state index contributed by atoms with van der Waals surface area (Å²) in [6.07, 6.45) is 0.591. The van der Waals surface area contributed by atoms with E-state index >= 15 is 0 Å². The zero-order valence-corrected chi connectivity index (χ0v) is 43.2. The minimum absolute atomic E-state index is 0.0356. The second kappa shape index (κ2) is 35.1. The number of amides is 8. The lowest BCUT2D eigenvalue weighted by Crippen LogP contribution is -2.61. The highest BCUT2D eigenvalue weighted by atomic mass is 16.4. The van der Waals surface area contributed by atoms with E-state index in [1.54, 1.807) is 41.5 Å². The quantitative estimate of drug-likeness (QED) is 0.0169. The average molecular weight is 1030 g/mol. The van der Waals surface area contributed by atoms with Gasteiger partial charge in [-0.2, -0.15) is 0 Å². The van der Waals surface area contributed by atoms with Crippen molar-refractivity contribution in [3.63, 3.8) is 0 Å². The number of nitrogens with two attached hydrogens (primary N) is 4. The number of aliphatic imine (C=N–C) groups is 1. The van der Waals surface area contributed by atoms with Gasteiger partial charge in [0.15, 0.2) is 5.96 Å². The Bertz CT molecular complexity index is 1810. The van der Waals surface area contributed by atoms with E-state index in [4.69, 9.17) is 22.9 Å². The van der Waals surface area contributed by atoms with E-state index < -0.39 is 133 Å². The molecule has 19 N–H and O–H groups in total. The number of unbranched alkanes of at least 4 members (excludes halogenated alkanes) is 1. The fraction of sp³-hybridized carbons (Fsp3) is 0.761. The number of carbonyl (C=O) groups is 10. The van der Waals surface area contributed by atoms with E-state index in [1.807, 2.05) is 13.8 Å². The number of aliphatic hydroxyl groups is 1. The summed E-state index contributed by atoms with van der Waals surface area (Å²) in [5.41, 5.74) is 21.9. The molecule has 0 radical (unpaired) electrons. The summed E-state index contributed by atoms with van der Waals surface area (Å²) in [7, 11) is 0. The van der Waals surface area contributed by atoms with E-state index in [2.05, 4.69) is 47.5 Å². The van der Waals surface area contributed by atoms with Crippen molar-refractivity contribution in [1.82, 2.24) is 42.5 Å². The average Bonchev–Trinajstić information content (AvgIpc) is 3.29. The Morgan fingerprint density at radius 2 is 0.903 bits per heavy atom. The minimum atomic E-state index is -1.72. The van der Waals surface area contributed by atoms with Crippen LogP contribution in [0.5, 0.6) is 0 Å². The van der Waals surface area contributed by atoms with Gasteiger partial charge in [-0.1, -0.05) is 61.8 Å². The number of carboxylic acids is 2. The van der Waals surface area contributed by atoms with Crippen molar-refractivity contribution in [3.8, 4) is 0 Å². The molecule has 0 aromatic heterocycles. The van der Waals surface area contributed by atoms with Crippen LogP contribution in [0.1, 0.15) is 126 Å². The predicted octanol–water partition coefficient (Wildman–Crippen LogP) is -2.87. The van der Waals surface area contributed by atoms with Gasteiger partial charge in [0.25, 0.3) is 0 Å². The lowest BCUT2D eigenvalue weighted by atomic mass is 9.96. The molecule has 0 unspecified atom stereocenters. The molecule has 0 aliphatic carbocycles. The summed E-state index contributed by atoms with van der Waals surface area (Å²) in [6.45, 7) is 13.1. The number of carboxylic acid groups (broad SMARTS) is 2. The van der Waals surface area contributed by atoms with Gasteiger partial charge in [0.2, 0.25) is 47.3 Å². The van der Waals surface area contributed by atoms with E-state index in [-0.39, 0.29) is 75.3 Å². The number of aliphatic hydroxyl groups excluding tert-OH is 1. The van der Waals surface area contributed by atoms with Gasteiger partial charge >= 0.3 is 11.9 Å². The van der Waals surface area contributed by atoms with Gasteiger partial charge in [-0.25, -0.2) is 4.79 Å². The molecular formula is C46H85N13O13. The lowest BCUT2D eigenvalue weighted by Gasteiger charge is -2.30. The van der Waals surface area contributed by atoms with Crippen LogP contribution in [0.25, 0.3) is 0 Å². The number of nitrogens with zero attached hydrogens (tertiary/aromatic N) is 1. The molecule has 0 heterocycles. The zero-order chi connectivity index (χ0) is 55.2. The molecule has 0 aliphatic rings. The van der Waals surface area contributed by atoms with Crippen LogP contribution in [0.3, 0.4) is 0 Å². The molecule has 26 heteroatoms. The maximum atomic E-state index is 14.2. The molecular weight excluding hydrogens is 943 g/mol. The first-order valence-corrected chi connectivity index (χ1v) is 24.6. The van der Waals surface area contributed by atoms with Gasteiger partial charge < -0.3 is 80.8 Å². The normalized spacial score (nSPS) is 15.0. The molecule has 9 atom stereocenters. The molecule has 0 rings (SSSR count). The predicted molar refractivity (Wildman–Crippen MR) is 267 cm³/mol. The summed E-state index contributed by atoms with van der Waals surface area (Å²) in [5.74, 6) is -10.7. The van der Waals surface area contributed by atoms with Gasteiger partial charge in [-0.3, -0.25) is 48.1 Å². The molecule has 0 fully saturated rings. The number of carbonyl (C=O) groups excluding carboxylic acids is 8. The third-order valence-corrected chi connectivity index (χ3v) is 11.3. The highest BCUT2D eigenvalue weighted by Crippen LogP contribution is 2.14. The van der Waals surface area contributed by atoms with Crippen molar-refractivity contribution in [2.24, 2.45) is 51.6 Å². The van der Waals surface area contributed by atoms with Crippen LogP contribution >= 0.6 is 0 Å². The summed E-state index contributed by atoms with van der Waals surface area (Å²) < 4.78 is 0. The maximum Gasteiger partial charge on any atom is 0.326 e. The van der Waals surface area contributed by atoms with Gasteiger partial charge in [-0.15, -0.1) is 0 Å². The molecule has 0 aliphatic heterocycles. The first-order chi connectivity index (χ1) is 33.7. The van der Waals surface area contributed by atoms with Gasteiger partial charge in [0.05, 0.1) is 13.2 Å². The van der Waals surface area contributed by atoms with E-state index in [0.29, 0.717) is 25.8 Å². The number of aliphatic carboxylic acids is 2. The Labute approximate surface area is 422 Å². The molecule has 8 amide bonds. The highest BCUT2D eigenvalue weighted by Gasteiger charge is 2.36. The molecule has 0 saturated carbocycles. The standard InChI is InChI=1S/C46H85N13O13/c1-9-27(8)37(44(70)57-33(21-26(6)7)41(67)53-28(14-12-18-51-46(49)50)38(64)55-30(45(71)72)13-10-11-17-47)59-39(65)29(15-16-36(62)63)54-43(69)34(23-60)58-42(68)32(20-25(4)5)56-40(66)31(19-24(2)3)52-35(61)22-48/h24-34,37,60H,9-23,47-48H2,1-8H3,(H,52,61)(H,53,67)(H,54,69)(H,55,64)(H,56,66)(H,57,70)(H,58,68)(H,59,65)(H,62,63)(H,71,72)(H4,49,50,51)/t27-,28-,29-,30-,31-,32-,33-,34-,37-/m0/s1. The van der Waals surface area contributed by atoms with E-state index in [9.17, 15) is 63.3 Å². The van der Waals surface area contributed by atoms with Crippen LogP contribution in [-0.4, -0.2) is 155 Å². The van der Waals surface area contributed by atoms with Crippen LogP contribution < -0.4 is 65.5 Å². The smallest absolute Gasteiger partial charge is 0.326 e. The number of guanidine groups is 1. The molecule has 72 heavy (non-hydrogen) atoms. The van der Waals surface area contributed by atoms with Crippen molar-refractivity contribution in [2.45, 2.75) is 174 Å². The van der Waals surface area contributed by atoms with E-state index in [0.717, 1.165) is 0 Å². The Morgan fingerprint density at radius 1 is 0.500 bits per heavy atom. The molecule has 0 aromatic carbocycles. The molecule has 412 valence electrons. The Balaban J connectivity index is 6.64. The molecule has 0 spiro atoms. The highest BCUT2D eigenvalue weighted by molar-refractivity contribution is 5.98. The lowest BCUT2D eigenvalue weighted by molar-refractivity contribution is -0.142. The summed E-state index contributed by atoms with van der Waals surface area (Å²) in [6, 6.07) is -11.0. The SMILES string of the molecule is CC[C@H](C)[C@H](NC(=O)[C@H](CCC(=O)O)NC(=O)[C@H](CO)NC(=O)[C@H](CC(C)C)NC(=O)[C@H](CC(C)C)NC(=O)CN)C(=O)N[C@@H](CC(C)C)C(=O)N[C@@H](CCCN=C(N)N)C(=O)N[C@@H](CCCCN)C(=O)O. The zero-order valence-electron chi connectivity index (χ0n) is 43.2. The van der Waals surface area contributed by atoms with Crippen LogP contribution in [-0.2, 0) is 47.9 Å². The third kappa shape index (κ3) is 26.9. The second-order valence-electron chi connectivity index (χ2n) is 19.1. The second-order valence-corrected chi connectivity index (χ2v) is 19.1. The Hall–Kier alpha value is -6.15. The van der Waals surface area contributed by atoms with Crippen LogP contribution in [0.2, 0.25) is 0 Å². The minimum Gasteiger partial charge on any atom is -0.481 e. The number of hydrogen-bond donors (Lipinski definition) is 15. The number of hydrogen-bond acceptors (Lipinski definition) is 14. The summed E-state index contributed by atoms with van der Waals surface area (Å²) >= 11 is 0. The van der Waals surface area contributed by atoms with Crippen LogP contribution in [0.4, 0.5) is 0 Å². The van der Waals surface area contributed by atoms with E-state index in [1.165, 1.54) is 0 Å². The third-order valence-electron chi connectivity index (χ3n) is 11.3. The molecule has 26 nitrogen and oxygen atoms in total. The molecule has 0 bridgehead atoms. The maximum absolute atomic E-state index is 14.2. The van der Waals surface area contributed by atoms with Crippen molar-refractivity contribution >= 4 is 65.2 Å². The topological polar surface area (TPSA) is 444 Å². The molecule has 0 aromatic rings. The molecule has 0 saturated heterocycles. The fourth-order valence-electron chi connectivity index (χ4n) is 7.19. The largest absolute Gasteiger partial charge is 0.481 e. The monoisotopic (exact) mass is 1030 g/mol. The van der Waals surface area contributed by atoms with Crippen molar-refractivity contribution in [3.05, 3.63) is 0 Å². The van der Waals surface area contributed by atoms with Crippen molar-refractivity contribution in [2.75, 3.05) is 26.2 Å². The number of nitrogens with one attached hydrogen (secondary N) is 8. The van der Waals surface area contributed by atoms with Crippen molar-refractivity contribution in [1.29, 1.82) is 0 Å². The Kier molecular flexibility index (Phi) is 32.1. The fourth-order valence-corrected chi connectivity index (χ4v) is 7.19. The number of rotatable bonds is 37. The van der Waals surface area contributed by atoms with Gasteiger partial charge in [0, 0.05) is 13.0 Å². The first kappa shape index (κ1) is 65.8. The van der Waals surface area contributed by atoms with Crippen LogP contribution in [0.15, 0.2) is 4.99 Å². The summed E-state index contributed by atoms with van der Waals surface area (Å²) in [4.78, 5) is 136. The Morgan fingerprint density at radius 3 is 1.33 bits per heavy atom. The first-order valence-electron chi connectivity index (χ1n) is 24.6.